The number of carbonyl (C=O) groups is 1. The fraction of sp³-hybridized carbons (Fsp3) is 0.250. The first-order chi connectivity index (χ1) is 15.5. The van der Waals surface area contributed by atoms with Crippen molar-refractivity contribution >= 4 is 17.6 Å². The molecule has 1 aliphatic rings. The van der Waals surface area contributed by atoms with Crippen LogP contribution in [0.1, 0.15) is 16.7 Å². The van der Waals surface area contributed by atoms with Gasteiger partial charge in [0.15, 0.2) is 0 Å². The topological polar surface area (TPSA) is 96.9 Å². The number of carbonyl (C=O) groups excluding carboxylic acids is 1. The molecule has 0 N–H and O–H groups in total. The maximum atomic E-state index is 13.3. The zero-order valence-electron chi connectivity index (χ0n) is 17.9. The highest BCUT2D eigenvalue weighted by atomic mass is 16.5. The molecule has 4 rings (SSSR count). The number of nitrogens with zero attached hydrogens (tertiary/aromatic N) is 4. The van der Waals surface area contributed by atoms with Gasteiger partial charge in [-0.15, -0.1) is 0 Å². The third-order valence-electron chi connectivity index (χ3n) is 5.21. The standard InChI is InChI=1S/C24H22N4O4/c1-16-6-7-20(17(2)13-16)32-22-19(24(30)28-8-4-3-5-21(28)26-22)14-18(15-25)23(29)27-9-11-31-12-10-27/h3-8,13-14H,9-12H2,1-2H3. The summed E-state index contributed by atoms with van der Waals surface area (Å²) < 4.78 is 12.7. The second-order valence-corrected chi connectivity index (χ2v) is 7.51. The van der Waals surface area contributed by atoms with Crippen molar-refractivity contribution in [3.05, 3.63) is 75.2 Å². The van der Waals surface area contributed by atoms with Crippen LogP contribution in [-0.4, -0.2) is 46.5 Å². The van der Waals surface area contributed by atoms with Gasteiger partial charge in [-0.3, -0.25) is 14.0 Å². The summed E-state index contributed by atoms with van der Waals surface area (Å²) in [6.07, 6.45) is 2.85. The lowest BCUT2D eigenvalue weighted by atomic mass is 10.1. The molecule has 3 aromatic rings. The first-order valence-electron chi connectivity index (χ1n) is 10.2. The molecule has 0 unspecified atom stereocenters. The largest absolute Gasteiger partial charge is 0.438 e. The van der Waals surface area contributed by atoms with Gasteiger partial charge in [-0.25, -0.2) is 0 Å². The SMILES string of the molecule is Cc1ccc(Oc2nc3ccccn3c(=O)c2C=C(C#N)C(=O)N2CCOCC2)c(C)c1. The average Bonchev–Trinajstić information content (AvgIpc) is 2.81. The number of hydrogen-bond donors (Lipinski definition) is 0. The van der Waals surface area contributed by atoms with Crippen molar-refractivity contribution in [3.63, 3.8) is 0 Å². The second kappa shape index (κ2) is 9.04. The van der Waals surface area contributed by atoms with Gasteiger partial charge >= 0.3 is 0 Å². The monoisotopic (exact) mass is 430 g/mol. The molecule has 162 valence electrons. The van der Waals surface area contributed by atoms with E-state index in [2.05, 4.69) is 4.98 Å². The lowest BCUT2D eigenvalue weighted by Crippen LogP contribution is -2.41. The molecule has 0 spiro atoms. The molecule has 0 aliphatic carbocycles. The van der Waals surface area contributed by atoms with Gasteiger partial charge in [-0.2, -0.15) is 10.2 Å². The van der Waals surface area contributed by atoms with E-state index in [1.165, 1.54) is 15.4 Å². The van der Waals surface area contributed by atoms with Gasteiger partial charge in [-0.05, 0) is 43.7 Å². The number of nitriles is 1. The molecular formula is C24H22N4O4. The van der Waals surface area contributed by atoms with Crippen LogP contribution < -0.4 is 10.3 Å². The predicted molar refractivity (Wildman–Crippen MR) is 118 cm³/mol. The van der Waals surface area contributed by atoms with Crippen LogP contribution in [0.4, 0.5) is 0 Å². The van der Waals surface area contributed by atoms with E-state index in [9.17, 15) is 14.9 Å². The quantitative estimate of drug-likeness (QED) is 0.466. The van der Waals surface area contributed by atoms with Crippen molar-refractivity contribution in [1.29, 1.82) is 5.26 Å². The minimum Gasteiger partial charge on any atom is -0.438 e. The highest BCUT2D eigenvalue weighted by Gasteiger charge is 2.23. The summed E-state index contributed by atoms with van der Waals surface area (Å²) in [5.74, 6) is 0.122. The van der Waals surface area contributed by atoms with E-state index in [1.54, 1.807) is 30.5 Å². The van der Waals surface area contributed by atoms with Crippen LogP contribution in [-0.2, 0) is 9.53 Å². The van der Waals surface area contributed by atoms with E-state index < -0.39 is 11.5 Å². The van der Waals surface area contributed by atoms with Crippen molar-refractivity contribution in [2.45, 2.75) is 13.8 Å². The van der Waals surface area contributed by atoms with Gasteiger partial charge in [0.2, 0.25) is 5.88 Å². The summed E-state index contributed by atoms with van der Waals surface area (Å²) in [5.41, 5.74) is 1.79. The summed E-state index contributed by atoms with van der Waals surface area (Å²) in [6.45, 7) is 5.46. The zero-order chi connectivity index (χ0) is 22.7. The maximum Gasteiger partial charge on any atom is 0.269 e. The zero-order valence-corrected chi connectivity index (χ0v) is 17.9. The fourth-order valence-electron chi connectivity index (χ4n) is 3.52. The number of benzene rings is 1. The molecule has 1 aromatic carbocycles. The predicted octanol–water partition coefficient (Wildman–Crippen LogP) is 2.87. The Morgan fingerprint density at radius 2 is 2.00 bits per heavy atom. The number of aryl methyl sites for hydroxylation is 2. The highest BCUT2D eigenvalue weighted by Crippen LogP contribution is 2.27. The number of amides is 1. The van der Waals surface area contributed by atoms with Gasteiger partial charge in [0, 0.05) is 19.3 Å². The minimum absolute atomic E-state index is 0.0341. The summed E-state index contributed by atoms with van der Waals surface area (Å²) in [5, 5.41) is 9.68. The Morgan fingerprint density at radius 1 is 1.22 bits per heavy atom. The van der Waals surface area contributed by atoms with Crippen LogP contribution >= 0.6 is 0 Å². The third-order valence-corrected chi connectivity index (χ3v) is 5.21. The van der Waals surface area contributed by atoms with Crippen molar-refractivity contribution in [2.75, 3.05) is 26.3 Å². The Kier molecular flexibility index (Phi) is 6.01. The summed E-state index contributed by atoms with van der Waals surface area (Å²) >= 11 is 0. The molecule has 0 saturated carbocycles. The van der Waals surface area contributed by atoms with Gasteiger partial charge in [0.1, 0.15) is 28.6 Å². The van der Waals surface area contributed by atoms with Crippen molar-refractivity contribution in [2.24, 2.45) is 0 Å². The molecule has 8 nitrogen and oxygen atoms in total. The molecule has 0 bridgehead atoms. The van der Waals surface area contributed by atoms with Gasteiger partial charge in [-0.1, -0.05) is 23.8 Å². The van der Waals surface area contributed by atoms with E-state index in [0.717, 1.165) is 11.1 Å². The smallest absolute Gasteiger partial charge is 0.269 e. The van der Waals surface area contributed by atoms with Crippen molar-refractivity contribution in [3.8, 4) is 17.7 Å². The van der Waals surface area contributed by atoms with Gasteiger partial charge < -0.3 is 14.4 Å². The van der Waals surface area contributed by atoms with Crippen LogP contribution in [0.25, 0.3) is 11.7 Å². The first-order valence-corrected chi connectivity index (χ1v) is 10.2. The average molecular weight is 430 g/mol. The van der Waals surface area contributed by atoms with E-state index in [-0.39, 0.29) is 17.0 Å². The van der Waals surface area contributed by atoms with Crippen molar-refractivity contribution < 1.29 is 14.3 Å². The first kappa shape index (κ1) is 21.3. The Balaban J connectivity index is 1.84. The number of rotatable bonds is 4. The Hall–Kier alpha value is -3.96. The Bertz CT molecular complexity index is 1310. The third kappa shape index (κ3) is 4.24. The Morgan fingerprint density at radius 3 is 2.72 bits per heavy atom. The molecule has 1 aliphatic heterocycles. The summed E-state index contributed by atoms with van der Waals surface area (Å²) in [4.78, 5) is 32.2. The van der Waals surface area contributed by atoms with E-state index in [0.29, 0.717) is 37.7 Å². The second-order valence-electron chi connectivity index (χ2n) is 7.51. The lowest BCUT2D eigenvalue weighted by Gasteiger charge is -2.26. The van der Waals surface area contributed by atoms with Crippen LogP contribution in [0.2, 0.25) is 0 Å². The molecule has 0 atom stereocenters. The van der Waals surface area contributed by atoms with Crippen molar-refractivity contribution in [1.82, 2.24) is 14.3 Å². The number of pyridine rings is 1. The molecule has 1 amide bonds. The molecule has 32 heavy (non-hydrogen) atoms. The minimum atomic E-state index is -0.453. The van der Waals surface area contributed by atoms with E-state index in [1.807, 2.05) is 32.0 Å². The Labute approximate surface area is 184 Å². The van der Waals surface area contributed by atoms with Gasteiger partial charge in [0.25, 0.3) is 11.5 Å². The van der Waals surface area contributed by atoms with Crippen LogP contribution in [0.15, 0.2) is 53.0 Å². The van der Waals surface area contributed by atoms with E-state index >= 15 is 0 Å². The maximum absolute atomic E-state index is 13.3. The normalized spacial score (nSPS) is 14.3. The molecule has 3 heterocycles. The highest BCUT2D eigenvalue weighted by molar-refractivity contribution is 6.02. The fourth-order valence-corrected chi connectivity index (χ4v) is 3.52. The summed E-state index contributed by atoms with van der Waals surface area (Å²) in [7, 11) is 0. The number of ether oxygens (including phenoxy) is 2. The van der Waals surface area contributed by atoms with E-state index in [4.69, 9.17) is 9.47 Å². The molecule has 8 heteroatoms. The molecule has 2 aromatic heterocycles. The number of fused-ring (bicyclic) bond motifs is 1. The van der Waals surface area contributed by atoms with Crippen LogP contribution in [0.5, 0.6) is 11.6 Å². The molecule has 0 radical (unpaired) electrons. The number of morpholine rings is 1. The summed E-state index contributed by atoms with van der Waals surface area (Å²) in [6, 6.07) is 12.7. The lowest BCUT2D eigenvalue weighted by molar-refractivity contribution is -0.130. The van der Waals surface area contributed by atoms with Crippen LogP contribution in [0.3, 0.4) is 0 Å². The molecule has 1 saturated heterocycles. The molecular weight excluding hydrogens is 408 g/mol. The number of hydrogen-bond acceptors (Lipinski definition) is 6. The van der Waals surface area contributed by atoms with Gasteiger partial charge in [0.05, 0.1) is 13.2 Å². The number of aromatic nitrogens is 2. The van der Waals surface area contributed by atoms with Crippen LogP contribution in [0, 0.1) is 25.2 Å². The molecule has 1 fully saturated rings.